The molecule has 1 fully saturated rings. The van der Waals surface area contributed by atoms with Crippen LogP contribution in [0.3, 0.4) is 0 Å². The molecule has 1 aliphatic heterocycles. The highest BCUT2D eigenvalue weighted by atomic mass is 35.5. The van der Waals surface area contributed by atoms with Crippen molar-refractivity contribution in [3.8, 4) is 11.3 Å². The Morgan fingerprint density at radius 1 is 1.10 bits per heavy atom. The molecule has 6 nitrogen and oxygen atoms in total. The average molecular weight is 459 g/mol. The van der Waals surface area contributed by atoms with E-state index in [4.69, 9.17) is 27.6 Å². The number of carboxylic acids is 1. The number of amides is 1. The molecule has 1 aromatic heterocycles. The van der Waals surface area contributed by atoms with Crippen molar-refractivity contribution in [1.29, 1.82) is 0 Å². The van der Waals surface area contributed by atoms with Crippen LogP contribution in [0.25, 0.3) is 17.4 Å². The van der Waals surface area contributed by atoms with Crippen LogP contribution in [0, 0.1) is 0 Å². The topological polar surface area (TPSA) is 91.9 Å². The van der Waals surface area contributed by atoms with Crippen LogP contribution in [0.4, 0.5) is 5.69 Å². The van der Waals surface area contributed by atoms with E-state index in [9.17, 15) is 14.7 Å². The molecule has 0 bridgehead atoms. The summed E-state index contributed by atoms with van der Waals surface area (Å²) in [7, 11) is 0. The molecule has 1 aliphatic rings. The monoisotopic (exact) mass is 458 g/mol. The number of thioether (sulfide) groups is 1. The van der Waals surface area contributed by atoms with Crippen molar-refractivity contribution in [3.05, 3.63) is 80.9 Å². The normalized spacial score (nSPS) is 16.3. The predicted molar refractivity (Wildman–Crippen MR) is 118 cm³/mol. The van der Waals surface area contributed by atoms with Gasteiger partial charge in [-0.2, -0.15) is 0 Å². The number of hydrogen-bond donors (Lipinski definition) is 2. The molecule has 0 saturated carbocycles. The lowest BCUT2D eigenvalue weighted by Gasteiger charge is -2.02. The highest BCUT2D eigenvalue weighted by molar-refractivity contribution is 8.18. The molecule has 4 rings (SSSR count). The Morgan fingerprint density at radius 2 is 1.87 bits per heavy atom. The number of carbonyl (C=O) groups excluding carboxylic acids is 1. The minimum atomic E-state index is -1.12. The summed E-state index contributed by atoms with van der Waals surface area (Å²) in [6.07, 6.45) is 1.60. The highest BCUT2D eigenvalue weighted by Gasteiger charge is 2.24. The second-order valence-corrected chi connectivity index (χ2v) is 8.03. The molecule has 2 N–H and O–H groups in total. The van der Waals surface area contributed by atoms with Gasteiger partial charge in [0.1, 0.15) is 11.5 Å². The van der Waals surface area contributed by atoms with E-state index >= 15 is 0 Å². The molecule has 3 aromatic rings. The summed E-state index contributed by atoms with van der Waals surface area (Å²) in [5.74, 6) is -0.505. The maximum Gasteiger partial charge on any atom is 0.337 e. The van der Waals surface area contributed by atoms with Crippen LogP contribution in [0.2, 0.25) is 10.0 Å². The molecule has 1 saturated heterocycles. The van der Waals surface area contributed by atoms with Gasteiger partial charge >= 0.3 is 5.97 Å². The Bertz CT molecular complexity index is 1220. The van der Waals surface area contributed by atoms with E-state index in [0.29, 0.717) is 37.9 Å². The molecule has 0 radical (unpaired) electrons. The number of hydrogen-bond acceptors (Lipinski definition) is 5. The van der Waals surface area contributed by atoms with Gasteiger partial charge in [0.05, 0.1) is 21.2 Å². The number of amidine groups is 1. The molecule has 2 heterocycles. The van der Waals surface area contributed by atoms with Gasteiger partial charge in [0.25, 0.3) is 5.91 Å². The first kappa shape index (κ1) is 20.3. The van der Waals surface area contributed by atoms with Gasteiger partial charge < -0.3 is 14.8 Å². The Balaban J connectivity index is 1.56. The van der Waals surface area contributed by atoms with Crippen LogP contribution in [0.15, 0.2) is 68.9 Å². The van der Waals surface area contributed by atoms with Crippen LogP contribution in [-0.2, 0) is 4.79 Å². The first-order valence-electron chi connectivity index (χ1n) is 8.57. The number of aromatic carboxylic acids is 1. The fourth-order valence-electron chi connectivity index (χ4n) is 2.67. The van der Waals surface area contributed by atoms with Gasteiger partial charge in [-0.1, -0.05) is 23.2 Å². The maximum absolute atomic E-state index is 12.2. The third-order valence-electron chi connectivity index (χ3n) is 4.09. The van der Waals surface area contributed by atoms with Crippen LogP contribution in [-0.4, -0.2) is 22.2 Å². The summed E-state index contributed by atoms with van der Waals surface area (Å²) in [4.78, 5) is 28.3. The number of benzene rings is 2. The fraction of sp³-hybridized carbons (Fsp3) is 0. The second-order valence-electron chi connectivity index (χ2n) is 6.16. The SMILES string of the molecule is O=C1NC(=Nc2ccc(Cl)cc2)S/C1=C\c1ccc(-c2ccc(Cl)c(C(=O)O)c2)o1. The number of halogens is 2. The third kappa shape index (κ3) is 4.43. The molecule has 0 aliphatic carbocycles. The first-order valence-corrected chi connectivity index (χ1v) is 10.1. The summed E-state index contributed by atoms with van der Waals surface area (Å²) in [5.41, 5.74) is 1.22. The second kappa shape index (κ2) is 8.39. The van der Waals surface area contributed by atoms with E-state index in [1.165, 1.54) is 23.9 Å². The van der Waals surface area contributed by atoms with E-state index in [1.807, 2.05) is 0 Å². The number of rotatable bonds is 4. The number of furan rings is 1. The Hall–Kier alpha value is -3.00. The lowest BCUT2D eigenvalue weighted by Crippen LogP contribution is -2.19. The molecular formula is C21H12Cl2N2O4S. The lowest BCUT2D eigenvalue weighted by molar-refractivity contribution is -0.115. The van der Waals surface area contributed by atoms with E-state index in [0.717, 1.165) is 0 Å². The molecule has 9 heteroatoms. The Morgan fingerprint density at radius 3 is 2.60 bits per heavy atom. The Labute approximate surface area is 185 Å². The van der Waals surface area contributed by atoms with Crippen LogP contribution < -0.4 is 5.32 Å². The standard InChI is InChI=1S/C21H12Cl2N2O4S/c22-12-2-4-13(5-3-12)24-21-25-19(26)18(30-21)10-14-6-8-17(29-14)11-1-7-16(23)15(9-11)20(27)28/h1-10H,(H,27,28)(H,24,25,26)/b18-10-. The molecule has 1 amide bonds. The summed E-state index contributed by atoms with van der Waals surface area (Å²) in [5, 5.41) is 13.1. The van der Waals surface area contributed by atoms with Crippen LogP contribution in [0.1, 0.15) is 16.1 Å². The molecule has 150 valence electrons. The summed E-state index contributed by atoms with van der Waals surface area (Å²) in [6, 6.07) is 14.9. The number of nitrogens with one attached hydrogen (secondary N) is 1. The smallest absolute Gasteiger partial charge is 0.337 e. The van der Waals surface area contributed by atoms with Gasteiger partial charge in [-0.15, -0.1) is 0 Å². The molecule has 2 aromatic carbocycles. The van der Waals surface area contributed by atoms with Crippen molar-refractivity contribution in [3.63, 3.8) is 0 Å². The molecular weight excluding hydrogens is 447 g/mol. The molecule has 0 atom stereocenters. The van der Waals surface area contributed by atoms with Crippen LogP contribution >= 0.6 is 35.0 Å². The minimum absolute atomic E-state index is 0.0146. The van der Waals surface area contributed by atoms with Crippen molar-refractivity contribution in [2.45, 2.75) is 0 Å². The van der Waals surface area contributed by atoms with Gasteiger partial charge in [0, 0.05) is 16.7 Å². The number of aliphatic imine (C=N–C) groups is 1. The zero-order valence-electron chi connectivity index (χ0n) is 15.1. The van der Waals surface area contributed by atoms with E-state index < -0.39 is 5.97 Å². The van der Waals surface area contributed by atoms with Gasteiger partial charge in [-0.25, -0.2) is 9.79 Å². The number of carbonyl (C=O) groups is 2. The minimum Gasteiger partial charge on any atom is -0.478 e. The zero-order chi connectivity index (χ0) is 21.3. The van der Waals surface area contributed by atoms with Gasteiger partial charge in [-0.05, 0) is 66.4 Å². The predicted octanol–water partition coefficient (Wildman–Crippen LogP) is 5.84. The first-order chi connectivity index (χ1) is 14.4. The molecule has 30 heavy (non-hydrogen) atoms. The van der Waals surface area contributed by atoms with Crippen molar-refractivity contribution in [1.82, 2.24) is 5.32 Å². The van der Waals surface area contributed by atoms with Crippen molar-refractivity contribution < 1.29 is 19.1 Å². The zero-order valence-corrected chi connectivity index (χ0v) is 17.4. The largest absolute Gasteiger partial charge is 0.478 e. The number of nitrogens with zero attached hydrogens (tertiary/aromatic N) is 1. The van der Waals surface area contributed by atoms with Gasteiger partial charge in [0.15, 0.2) is 5.17 Å². The van der Waals surface area contributed by atoms with Crippen molar-refractivity contribution in [2.24, 2.45) is 4.99 Å². The fourth-order valence-corrected chi connectivity index (χ4v) is 3.82. The van der Waals surface area contributed by atoms with E-state index in [2.05, 4.69) is 10.3 Å². The van der Waals surface area contributed by atoms with Crippen molar-refractivity contribution in [2.75, 3.05) is 0 Å². The molecule has 0 spiro atoms. The Kier molecular flexibility index (Phi) is 5.67. The average Bonchev–Trinajstić information content (AvgIpc) is 3.31. The summed E-state index contributed by atoms with van der Waals surface area (Å²) < 4.78 is 5.76. The maximum atomic E-state index is 12.2. The molecule has 0 unspecified atom stereocenters. The summed E-state index contributed by atoms with van der Waals surface area (Å²) >= 11 is 13.0. The van der Waals surface area contributed by atoms with Gasteiger partial charge in [-0.3, -0.25) is 4.79 Å². The quantitative estimate of drug-likeness (QED) is 0.478. The van der Waals surface area contributed by atoms with E-state index in [-0.39, 0.29) is 16.5 Å². The third-order valence-corrected chi connectivity index (χ3v) is 5.58. The van der Waals surface area contributed by atoms with Gasteiger partial charge in [0.2, 0.25) is 0 Å². The summed E-state index contributed by atoms with van der Waals surface area (Å²) in [6.45, 7) is 0. The van der Waals surface area contributed by atoms with Crippen molar-refractivity contribution >= 4 is 63.8 Å². The highest BCUT2D eigenvalue weighted by Crippen LogP contribution is 2.31. The van der Waals surface area contributed by atoms with Crippen LogP contribution in [0.5, 0.6) is 0 Å². The number of carboxylic acid groups (broad SMARTS) is 1. The lowest BCUT2D eigenvalue weighted by atomic mass is 10.1. The van der Waals surface area contributed by atoms with E-state index in [1.54, 1.807) is 48.5 Å².